The lowest BCUT2D eigenvalue weighted by Crippen LogP contribution is -2.53. The molecule has 0 bridgehead atoms. The first-order valence-electron chi connectivity index (χ1n) is 11.6. The zero-order chi connectivity index (χ0) is 22.1. The molecule has 2 fully saturated rings. The third-order valence-electron chi connectivity index (χ3n) is 7.16. The predicted molar refractivity (Wildman–Crippen MR) is 120 cm³/mol. The molecule has 3 N–H and O–H groups in total. The van der Waals surface area contributed by atoms with E-state index < -0.39 is 0 Å². The summed E-state index contributed by atoms with van der Waals surface area (Å²) in [6.45, 7) is 5.75. The summed E-state index contributed by atoms with van der Waals surface area (Å²) in [6.07, 6.45) is 5.36. The molecular weight excluding hydrogens is 392 g/mol. The van der Waals surface area contributed by atoms with Crippen LogP contribution in [0.2, 0.25) is 0 Å². The number of rotatable bonds is 4. The molecule has 1 saturated carbocycles. The topological polar surface area (TPSA) is 95.7 Å². The van der Waals surface area contributed by atoms with Crippen LogP contribution in [-0.2, 0) is 11.2 Å². The van der Waals surface area contributed by atoms with Gasteiger partial charge in [-0.2, -0.15) is 0 Å². The van der Waals surface area contributed by atoms with Crippen molar-refractivity contribution < 1.29 is 14.4 Å². The van der Waals surface area contributed by atoms with Crippen LogP contribution in [0.25, 0.3) is 0 Å². The highest BCUT2D eigenvalue weighted by atomic mass is 16.2. The lowest BCUT2D eigenvalue weighted by Gasteiger charge is -2.38. The fourth-order valence-electron chi connectivity index (χ4n) is 4.58. The first-order valence-corrected chi connectivity index (χ1v) is 11.6. The summed E-state index contributed by atoms with van der Waals surface area (Å²) >= 11 is 0. The molecule has 4 rings (SSSR count). The Morgan fingerprint density at radius 2 is 1.84 bits per heavy atom. The molecule has 1 aromatic rings. The Labute approximate surface area is 184 Å². The van der Waals surface area contributed by atoms with Gasteiger partial charge in [0, 0.05) is 55.3 Å². The SMILES string of the molecule is CC1C(=O)Cc2cc(C(=O)NCCC3CC3)ccc2N(C(=O)N2CCC(N)CC2)C1C. The second-order valence-electron chi connectivity index (χ2n) is 9.48. The summed E-state index contributed by atoms with van der Waals surface area (Å²) in [4.78, 5) is 42.6. The van der Waals surface area contributed by atoms with Gasteiger partial charge in [0.05, 0.1) is 0 Å². The molecule has 0 aromatic heterocycles. The van der Waals surface area contributed by atoms with Crippen LogP contribution >= 0.6 is 0 Å². The van der Waals surface area contributed by atoms with Gasteiger partial charge in [-0.1, -0.05) is 19.8 Å². The third kappa shape index (κ3) is 4.76. The lowest BCUT2D eigenvalue weighted by molar-refractivity contribution is -0.121. The Balaban J connectivity index is 1.58. The number of carbonyl (C=O) groups is 3. The number of nitrogens with one attached hydrogen (secondary N) is 1. The van der Waals surface area contributed by atoms with Crippen LogP contribution in [0.4, 0.5) is 10.5 Å². The van der Waals surface area contributed by atoms with Crippen molar-refractivity contribution in [3.05, 3.63) is 29.3 Å². The molecule has 2 unspecified atom stereocenters. The van der Waals surface area contributed by atoms with Crippen molar-refractivity contribution in [1.29, 1.82) is 0 Å². The molecule has 2 aliphatic heterocycles. The summed E-state index contributed by atoms with van der Waals surface area (Å²) in [5.41, 5.74) is 8.04. The maximum absolute atomic E-state index is 13.5. The zero-order valence-corrected chi connectivity index (χ0v) is 18.6. The summed E-state index contributed by atoms with van der Waals surface area (Å²) in [6, 6.07) is 5.20. The van der Waals surface area contributed by atoms with Crippen molar-refractivity contribution in [2.75, 3.05) is 24.5 Å². The number of likely N-dealkylation sites (tertiary alicyclic amines) is 1. The van der Waals surface area contributed by atoms with Gasteiger partial charge in [0.25, 0.3) is 5.91 Å². The van der Waals surface area contributed by atoms with Crippen LogP contribution in [-0.4, -0.2) is 54.3 Å². The van der Waals surface area contributed by atoms with Crippen LogP contribution in [0.1, 0.15) is 61.9 Å². The normalized spacial score (nSPS) is 24.5. The van der Waals surface area contributed by atoms with Crippen LogP contribution in [0.5, 0.6) is 0 Å². The van der Waals surface area contributed by atoms with E-state index >= 15 is 0 Å². The van der Waals surface area contributed by atoms with Gasteiger partial charge in [-0.15, -0.1) is 0 Å². The highest BCUT2D eigenvalue weighted by molar-refractivity contribution is 6.00. The highest BCUT2D eigenvalue weighted by Gasteiger charge is 2.37. The van der Waals surface area contributed by atoms with E-state index in [9.17, 15) is 14.4 Å². The van der Waals surface area contributed by atoms with Crippen molar-refractivity contribution in [2.45, 2.75) is 64.5 Å². The van der Waals surface area contributed by atoms with Crippen molar-refractivity contribution in [1.82, 2.24) is 10.2 Å². The van der Waals surface area contributed by atoms with E-state index in [4.69, 9.17) is 5.73 Å². The monoisotopic (exact) mass is 426 g/mol. The molecule has 7 nitrogen and oxygen atoms in total. The molecule has 1 aromatic carbocycles. The number of amides is 3. The standard InChI is InChI=1S/C24H34N4O3/c1-15-16(2)28(24(31)27-11-8-20(25)9-12-27)21-6-5-18(13-19(21)14-22(15)29)23(30)26-10-7-17-3-4-17/h5-6,13,15-17,20H,3-4,7-12,14,25H2,1-2H3,(H,26,30). The molecule has 0 radical (unpaired) electrons. The van der Waals surface area contributed by atoms with Gasteiger partial charge in [-0.25, -0.2) is 4.79 Å². The first kappa shape index (κ1) is 21.8. The molecule has 2 heterocycles. The van der Waals surface area contributed by atoms with E-state index in [0.717, 1.165) is 36.4 Å². The van der Waals surface area contributed by atoms with E-state index in [1.807, 2.05) is 24.8 Å². The Morgan fingerprint density at radius 1 is 1.13 bits per heavy atom. The van der Waals surface area contributed by atoms with Crippen molar-refractivity contribution in [3.63, 3.8) is 0 Å². The number of fused-ring (bicyclic) bond motifs is 1. The molecule has 1 saturated heterocycles. The van der Waals surface area contributed by atoms with E-state index in [-0.39, 0.29) is 42.1 Å². The number of benzene rings is 1. The Kier molecular flexibility index (Phi) is 6.32. The van der Waals surface area contributed by atoms with E-state index in [1.165, 1.54) is 12.8 Å². The average Bonchev–Trinajstić information content (AvgIpc) is 3.59. The van der Waals surface area contributed by atoms with Crippen LogP contribution in [0.15, 0.2) is 18.2 Å². The zero-order valence-electron chi connectivity index (χ0n) is 18.6. The van der Waals surface area contributed by atoms with Gasteiger partial charge in [0.1, 0.15) is 5.78 Å². The van der Waals surface area contributed by atoms with E-state index in [2.05, 4.69) is 5.32 Å². The lowest BCUT2D eigenvalue weighted by atomic mass is 9.95. The number of hydrogen-bond donors (Lipinski definition) is 2. The molecule has 168 valence electrons. The van der Waals surface area contributed by atoms with Gasteiger partial charge in [-0.05, 0) is 55.9 Å². The number of hydrogen-bond acceptors (Lipinski definition) is 4. The van der Waals surface area contributed by atoms with Gasteiger partial charge in [0.15, 0.2) is 0 Å². The van der Waals surface area contributed by atoms with Gasteiger partial charge in [-0.3, -0.25) is 14.5 Å². The molecule has 2 atom stereocenters. The summed E-state index contributed by atoms with van der Waals surface area (Å²) < 4.78 is 0. The third-order valence-corrected chi connectivity index (χ3v) is 7.16. The van der Waals surface area contributed by atoms with Crippen molar-refractivity contribution in [2.24, 2.45) is 17.6 Å². The minimum atomic E-state index is -0.279. The quantitative estimate of drug-likeness (QED) is 0.774. The van der Waals surface area contributed by atoms with Gasteiger partial charge < -0.3 is 16.0 Å². The minimum Gasteiger partial charge on any atom is -0.352 e. The predicted octanol–water partition coefficient (Wildman–Crippen LogP) is 2.72. The van der Waals surface area contributed by atoms with E-state index in [1.54, 1.807) is 17.0 Å². The maximum Gasteiger partial charge on any atom is 0.324 e. The molecular formula is C24H34N4O3. The number of ketones is 1. The van der Waals surface area contributed by atoms with Crippen LogP contribution in [0, 0.1) is 11.8 Å². The molecule has 3 amide bonds. The number of nitrogens with zero attached hydrogens (tertiary/aromatic N) is 2. The van der Waals surface area contributed by atoms with Crippen LogP contribution < -0.4 is 16.0 Å². The number of piperidine rings is 1. The Morgan fingerprint density at radius 3 is 2.52 bits per heavy atom. The minimum absolute atomic E-state index is 0.0798. The smallest absolute Gasteiger partial charge is 0.324 e. The Bertz CT molecular complexity index is 858. The Hall–Kier alpha value is -2.41. The van der Waals surface area contributed by atoms with Gasteiger partial charge in [0.2, 0.25) is 0 Å². The molecule has 0 spiro atoms. The first-order chi connectivity index (χ1) is 14.8. The maximum atomic E-state index is 13.5. The summed E-state index contributed by atoms with van der Waals surface area (Å²) in [7, 11) is 0. The number of Topliss-reactive ketones (excluding diaryl/α,β-unsaturated/α-hetero) is 1. The number of nitrogens with two attached hydrogens (primary N) is 1. The van der Waals surface area contributed by atoms with Crippen molar-refractivity contribution >= 4 is 23.4 Å². The van der Waals surface area contributed by atoms with Crippen LogP contribution in [0.3, 0.4) is 0 Å². The second-order valence-corrected chi connectivity index (χ2v) is 9.48. The highest BCUT2D eigenvalue weighted by Crippen LogP contribution is 2.34. The van der Waals surface area contributed by atoms with E-state index in [0.29, 0.717) is 25.2 Å². The molecule has 1 aliphatic carbocycles. The molecule has 31 heavy (non-hydrogen) atoms. The fourth-order valence-corrected chi connectivity index (χ4v) is 4.58. The average molecular weight is 427 g/mol. The van der Waals surface area contributed by atoms with Crippen molar-refractivity contribution in [3.8, 4) is 0 Å². The fraction of sp³-hybridized carbons (Fsp3) is 0.625. The largest absolute Gasteiger partial charge is 0.352 e. The summed E-state index contributed by atoms with van der Waals surface area (Å²) in [5, 5.41) is 2.99. The number of carbonyl (C=O) groups excluding carboxylic acids is 3. The summed E-state index contributed by atoms with van der Waals surface area (Å²) in [5.74, 6) is 0.455. The number of urea groups is 1. The molecule has 7 heteroatoms. The van der Waals surface area contributed by atoms with Gasteiger partial charge >= 0.3 is 6.03 Å². The second kappa shape index (κ2) is 8.99. The number of anilines is 1. The molecule has 3 aliphatic rings.